The van der Waals surface area contributed by atoms with Crippen LogP contribution >= 0.6 is 0 Å². The van der Waals surface area contributed by atoms with Crippen molar-refractivity contribution in [2.24, 2.45) is 23.7 Å². The zero-order chi connectivity index (χ0) is 56.0. The Hall–Kier alpha value is -3.34. The van der Waals surface area contributed by atoms with Crippen LogP contribution in [0.3, 0.4) is 0 Å². The van der Waals surface area contributed by atoms with Crippen LogP contribution in [0.2, 0.25) is 0 Å². The van der Waals surface area contributed by atoms with Crippen molar-refractivity contribution < 1.29 is 67.3 Å². The number of likely N-dealkylation sites (N-methyl/N-ethyl adjacent to an activating group) is 3. The lowest BCUT2D eigenvalue weighted by molar-refractivity contribution is -0.339. The van der Waals surface area contributed by atoms with E-state index in [1.807, 2.05) is 73.7 Å². The van der Waals surface area contributed by atoms with Crippen molar-refractivity contribution in [1.82, 2.24) is 19.6 Å². The molecule has 2 amide bonds. The summed E-state index contributed by atoms with van der Waals surface area (Å²) >= 11 is 0. The molecule has 4 fully saturated rings. The van der Waals surface area contributed by atoms with Crippen LogP contribution in [0, 0.1) is 23.7 Å². The molecule has 19 heteroatoms. The van der Waals surface area contributed by atoms with Gasteiger partial charge >= 0.3 is 12.1 Å². The molecule has 0 aromatic heterocycles. The Morgan fingerprint density at radius 2 is 1.53 bits per heavy atom. The minimum Gasteiger partial charge on any atom is -0.458 e. The Labute approximate surface area is 447 Å². The maximum atomic E-state index is 15.2. The summed E-state index contributed by atoms with van der Waals surface area (Å²) in [6.07, 6.45) is -7.54. The Morgan fingerprint density at radius 3 is 2.12 bits per heavy atom. The van der Waals surface area contributed by atoms with Gasteiger partial charge in [-0.1, -0.05) is 59.7 Å². The molecule has 0 unspecified atom stereocenters. The molecule has 0 radical (unpaired) electrons. The number of esters is 1. The number of amides is 2. The van der Waals surface area contributed by atoms with Gasteiger partial charge in [0.2, 0.25) is 5.91 Å². The summed E-state index contributed by atoms with van der Waals surface area (Å²) in [6, 6.07) is 7.68. The second-order valence-electron chi connectivity index (χ2n) is 22.9. The number of fused-ring (bicyclic) bond motifs is 1. The third-order valence-corrected chi connectivity index (χ3v) is 17.4. The number of carbonyl (C=O) groups is 4. The van der Waals surface area contributed by atoms with E-state index in [1.54, 1.807) is 59.1 Å². The van der Waals surface area contributed by atoms with Gasteiger partial charge in [-0.2, -0.15) is 0 Å². The predicted molar refractivity (Wildman–Crippen MR) is 284 cm³/mol. The number of nitrogens with one attached hydrogen (secondary N) is 1. The lowest BCUT2D eigenvalue weighted by Gasteiger charge is -2.54. The molecule has 428 valence electrons. The van der Waals surface area contributed by atoms with Crippen LogP contribution in [0.4, 0.5) is 10.5 Å². The predicted octanol–water partition coefficient (Wildman–Crippen LogP) is 5.58. The number of anilines is 1. The molecule has 0 spiro atoms. The first-order valence-corrected chi connectivity index (χ1v) is 27.5. The van der Waals surface area contributed by atoms with Gasteiger partial charge in [0.1, 0.15) is 29.2 Å². The number of hydrogen-bond donors (Lipinski definition) is 3. The summed E-state index contributed by atoms with van der Waals surface area (Å²) in [5.41, 5.74) is -4.98. The fraction of sp³-hybridized carbons (Fsp3) is 0.821. The van der Waals surface area contributed by atoms with Gasteiger partial charge in [-0.05, 0) is 107 Å². The lowest BCUT2D eigenvalue weighted by atomic mass is 9.73. The molecule has 4 aliphatic rings. The molecule has 4 saturated heterocycles. The maximum absolute atomic E-state index is 15.2. The molecule has 18 atom stereocenters. The Morgan fingerprint density at radius 1 is 0.880 bits per heavy atom. The fourth-order valence-corrected chi connectivity index (χ4v) is 12.5. The van der Waals surface area contributed by atoms with Gasteiger partial charge in [0, 0.05) is 82.7 Å². The topological polar surface area (TPSA) is 208 Å². The maximum Gasteiger partial charge on any atom is 0.410 e. The van der Waals surface area contributed by atoms with Crippen molar-refractivity contribution in [2.45, 2.75) is 199 Å². The number of cyclic esters (lactones) is 1. The number of benzene rings is 1. The van der Waals surface area contributed by atoms with Gasteiger partial charge in [0.15, 0.2) is 18.2 Å². The van der Waals surface area contributed by atoms with Gasteiger partial charge in [0.05, 0.1) is 42.0 Å². The van der Waals surface area contributed by atoms with E-state index in [1.165, 1.54) is 12.0 Å². The van der Waals surface area contributed by atoms with Gasteiger partial charge in [-0.25, -0.2) is 4.79 Å². The van der Waals surface area contributed by atoms with Crippen molar-refractivity contribution >= 4 is 29.4 Å². The number of aliphatic hydroxyl groups excluding tert-OH is 1. The molecule has 3 N–H and O–H groups in total. The van der Waals surface area contributed by atoms with Gasteiger partial charge in [0.25, 0.3) is 0 Å². The van der Waals surface area contributed by atoms with Crippen LogP contribution in [0.5, 0.6) is 0 Å². The van der Waals surface area contributed by atoms with Crippen LogP contribution in [0.25, 0.3) is 0 Å². The molecule has 4 heterocycles. The van der Waals surface area contributed by atoms with E-state index in [9.17, 15) is 19.8 Å². The van der Waals surface area contributed by atoms with Crippen molar-refractivity contribution in [3.63, 3.8) is 0 Å². The number of hydrogen-bond acceptors (Lipinski definition) is 17. The molecule has 75 heavy (non-hydrogen) atoms. The molecule has 0 aliphatic carbocycles. The first kappa shape index (κ1) is 62.5. The zero-order valence-corrected chi connectivity index (χ0v) is 48.3. The fourth-order valence-electron chi connectivity index (χ4n) is 12.5. The average Bonchev–Trinajstić information content (AvgIpc) is 3.63. The van der Waals surface area contributed by atoms with Crippen LogP contribution in [0.1, 0.15) is 115 Å². The Kier molecular flexibility index (Phi) is 21.7. The number of para-hydroxylation sites is 1. The highest BCUT2D eigenvalue weighted by atomic mass is 16.7. The molecule has 1 aromatic rings. The number of ether oxygens (including phenoxy) is 8. The Balaban J connectivity index is 1.59. The van der Waals surface area contributed by atoms with E-state index >= 15 is 9.59 Å². The van der Waals surface area contributed by atoms with Crippen molar-refractivity contribution in [2.75, 3.05) is 79.9 Å². The van der Waals surface area contributed by atoms with Gasteiger partial charge < -0.3 is 68.1 Å². The minimum absolute atomic E-state index is 0.0642. The lowest BCUT2D eigenvalue weighted by Crippen LogP contribution is -2.70. The van der Waals surface area contributed by atoms with Crippen molar-refractivity contribution in [3.8, 4) is 0 Å². The quantitative estimate of drug-likeness (QED) is 0.145. The van der Waals surface area contributed by atoms with E-state index in [4.69, 9.17) is 37.9 Å². The molecule has 4 aliphatic heterocycles. The smallest absolute Gasteiger partial charge is 0.410 e. The summed E-state index contributed by atoms with van der Waals surface area (Å²) in [6.45, 7) is 25.8. The molecular formula is C56H95N5O14. The normalized spacial score (nSPS) is 39.3. The van der Waals surface area contributed by atoms with Crippen molar-refractivity contribution in [3.05, 3.63) is 30.3 Å². The number of carbonyl (C=O) groups excluding carboxylic acids is 4. The summed E-state index contributed by atoms with van der Waals surface area (Å²) in [4.78, 5) is 65.6. The zero-order valence-electron chi connectivity index (χ0n) is 48.3. The highest BCUT2D eigenvalue weighted by molar-refractivity contribution is 5.91. The number of Topliss-reactive ketones (excluding diaryl/α,β-unsaturated/α-hetero) is 1. The first-order valence-electron chi connectivity index (χ1n) is 27.5. The van der Waals surface area contributed by atoms with Crippen LogP contribution in [-0.4, -0.2) is 212 Å². The van der Waals surface area contributed by atoms with E-state index in [0.29, 0.717) is 18.7 Å². The molecule has 0 bridgehead atoms. The second-order valence-corrected chi connectivity index (χ2v) is 22.9. The highest BCUT2D eigenvalue weighted by Crippen LogP contribution is 2.46. The van der Waals surface area contributed by atoms with E-state index in [-0.39, 0.29) is 62.6 Å². The van der Waals surface area contributed by atoms with E-state index in [2.05, 4.69) is 29.0 Å². The molecule has 5 rings (SSSR count). The summed E-state index contributed by atoms with van der Waals surface area (Å²) in [7, 11) is 8.84. The molecule has 0 saturated carbocycles. The molecule has 1 aromatic carbocycles. The number of methoxy groups -OCH3 is 2. The molecular weight excluding hydrogens is 967 g/mol. The van der Waals surface area contributed by atoms with Crippen LogP contribution in [-0.2, 0) is 52.3 Å². The highest BCUT2D eigenvalue weighted by Gasteiger charge is 2.62. The second kappa shape index (κ2) is 26.1. The molecule has 19 nitrogen and oxygen atoms in total. The number of aliphatic hydroxyl groups is 2. The van der Waals surface area contributed by atoms with E-state index < -0.39 is 107 Å². The number of rotatable bonds is 19. The monoisotopic (exact) mass is 1060 g/mol. The van der Waals surface area contributed by atoms with Gasteiger partial charge in [-0.15, -0.1) is 0 Å². The number of nitrogens with zero attached hydrogens (tertiary/aromatic N) is 4. The average molecular weight is 1060 g/mol. The summed E-state index contributed by atoms with van der Waals surface area (Å²) < 4.78 is 52.8. The van der Waals surface area contributed by atoms with Crippen LogP contribution in [0.15, 0.2) is 30.3 Å². The largest absolute Gasteiger partial charge is 0.458 e. The van der Waals surface area contributed by atoms with Crippen molar-refractivity contribution in [1.29, 1.82) is 0 Å². The Bertz CT molecular complexity index is 2040. The third-order valence-electron chi connectivity index (χ3n) is 17.4. The van der Waals surface area contributed by atoms with Gasteiger partial charge in [-0.3, -0.25) is 19.3 Å². The third kappa shape index (κ3) is 13.7. The standard InChI is InChI=1S/C56H95N5O14/c1-18-42-55(12)48(61(52(66)75-55)27-26-43(62)57-40-24-22-21-23-25-40)36(6)45(63)34(4)31-53(10,68-16)49(74-51-46(64)41(58(13)14)30-35(5)70-51)37(7)47(38(8)50(65)72-42)73-44-32-54(11,69-17)56(67,39(9)71-44)33-59(15)28-29-60(19-2)20-3/h21-25,34-39,41-42,44,46-49,51,64,67H,18-20,26-33H2,1-17H3,(H,57,62)/t34-,35-,36+,37+,38-,39+,41+,42-,44+,46-,47+,48-,49-,51+,53+,54-,55-,56-/m1/s1. The first-order chi connectivity index (χ1) is 35.2. The SMILES string of the molecule is CC[C@H]1OC(=O)[C@H](C)[C@@H](O[C@H]2C[C@@](C)(OC)[C@@](O)(CN(C)CCN(CC)CC)[C@H](C)O2)[C@H](C)[C@@H](O[C@@H]2O[C@H](C)C[C@H](N(C)C)[C@H]2O)[C@@](C)(OC)C[C@@H](C)C(=O)[C@H](C)[C@H]2N(CCC(=O)Nc3ccccc3)C(=O)O[C@]12C. The van der Waals surface area contributed by atoms with E-state index in [0.717, 1.165) is 19.6 Å². The summed E-state index contributed by atoms with van der Waals surface area (Å²) in [5, 5.41) is 27.5. The number of ketones is 1. The van der Waals surface area contributed by atoms with Crippen LogP contribution < -0.4 is 5.32 Å². The minimum atomic E-state index is -1.55. The summed E-state index contributed by atoms with van der Waals surface area (Å²) in [5.74, 6) is -4.71.